The molecular formula is C13H20N2O. The molecule has 0 amide bonds. The molecule has 1 fully saturated rings. The Morgan fingerprint density at radius 2 is 2.19 bits per heavy atom. The van der Waals surface area contributed by atoms with E-state index in [1.165, 1.54) is 0 Å². The molecule has 2 N–H and O–H groups in total. The molecule has 0 aromatic heterocycles. The highest BCUT2D eigenvalue weighted by atomic mass is 16.3. The third-order valence-corrected chi connectivity index (χ3v) is 3.23. The van der Waals surface area contributed by atoms with E-state index in [1.54, 1.807) is 0 Å². The van der Waals surface area contributed by atoms with Gasteiger partial charge in [-0.25, -0.2) is 0 Å². The third kappa shape index (κ3) is 2.82. The smallest absolute Gasteiger partial charge is 0.0917 e. The molecule has 0 aliphatic carbocycles. The van der Waals surface area contributed by atoms with Crippen LogP contribution in [0.1, 0.15) is 18.6 Å². The van der Waals surface area contributed by atoms with Crippen LogP contribution < -0.4 is 5.32 Å². The topological polar surface area (TPSA) is 35.5 Å². The zero-order valence-corrected chi connectivity index (χ0v) is 9.76. The van der Waals surface area contributed by atoms with Crippen molar-refractivity contribution < 1.29 is 5.11 Å². The summed E-state index contributed by atoms with van der Waals surface area (Å²) >= 11 is 0. The van der Waals surface area contributed by atoms with Crippen molar-refractivity contribution in [2.75, 3.05) is 26.2 Å². The van der Waals surface area contributed by atoms with Crippen molar-refractivity contribution in [2.45, 2.75) is 19.1 Å². The first-order valence-corrected chi connectivity index (χ1v) is 5.95. The fourth-order valence-electron chi connectivity index (χ4n) is 2.16. The Labute approximate surface area is 97.1 Å². The van der Waals surface area contributed by atoms with Crippen molar-refractivity contribution in [1.29, 1.82) is 0 Å². The van der Waals surface area contributed by atoms with Crippen LogP contribution in [0, 0.1) is 0 Å². The highest BCUT2D eigenvalue weighted by Gasteiger charge is 2.20. The number of aliphatic hydroxyl groups is 1. The molecule has 1 aliphatic heterocycles. The number of nitrogens with zero attached hydrogens (tertiary/aromatic N) is 1. The third-order valence-electron chi connectivity index (χ3n) is 3.23. The second-order valence-corrected chi connectivity index (χ2v) is 4.47. The van der Waals surface area contributed by atoms with Crippen LogP contribution in [0.5, 0.6) is 0 Å². The van der Waals surface area contributed by atoms with Gasteiger partial charge in [-0.1, -0.05) is 30.3 Å². The van der Waals surface area contributed by atoms with E-state index in [1.807, 2.05) is 30.3 Å². The van der Waals surface area contributed by atoms with E-state index in [0.29, 0.717) is 6.04 Å². The van der Waals surface area contributed by atoms with Crippen LogP contribution in [0.15, 0.2) is 30.3 Å². The van der Waals surface area contributed by atoms with E-state index in [4.69, 9.17) is 0 Å². The Morgan fingerprint density at radius 3 is 2.88 bits per heavy atom. The van der Waals surface area contributed by atoms with Gasteiger partial charge in [-0.15, -0.1) is 0 Å². The maximum atomic E-state index is 10.1. The minimum Gasteiger partial charge on any atom is -0.387 e. The monoisotopic (exact) mass is 220 g/mol. The number of aliphatic hydroxyl groups excluding tert-OH is 1. The van der Waals surface area contributed by atoms with Gasteiger partial charge in [0, 0.05) is 32.2 Å². The first-order chi connectivity index (χ1) is 7.77. The summed E-state index contributed by atoms with van der Waals surface area (Å²) in [4.78, 5) is 2.34. The molecule has 0 radical (unpaired) electrons. The summed E-state index contributed by atoms with van der Waals surface area (Å²) < 4.78 is 0. The predicted molar refractivity (Wildman–Crippen MR) is 65.3 cm³/mol. The summed E-state index contributed by atoms with van der Waals surface area (Å²) in [5.74, 6) is 0. The summed E-state index contributed by atoms with van der Waals surface area (Å²) in [7, 11) is 0. The van der Waals surface area contributed by atoms with Crippen LogP contribution in [0.3, 0.4) is 0 Å². The van der Waals surface area contributed by atoms with E-state index in [9.17, 15) is 5.11 Å². The Balaban J connectivity index is 1.94. The molecular weight excluding hydrogens is 200 g/mol. The molecule has 1 aromatic carbocycles. The Morgan fingerprint density at radius 1 is 1.44 bits per heavy atom. The van der Waals surface area contributed by atoms with Gasteiger partial charge in [-0.2, -0.15) is 0 Å². The van der Waals surface area contributed by atoms with E-state index < -0.39 is 0 Å². The molecule has 0 saturated carbocycles. The highest BCUT2D eigenvalue weighted by molar-refractivity contribution is 5.17. The van der Waals surface area contributed by atoms with Gasteiger partial charge in [-0.3, -0.25) is 4.90 Å². The Kier molecular flexibility index (Phi) is 3.93. The first-order valence-electron chi connectivity index (χ1n) is 5.95. The summed E-state index contributed by atoms with van der Waals surface area (Å²) in [5.41, 5.74) is 1.01. The summed E-state index contributed by atoms with van der Waals surface area (Å²) in [6.45, 7) is 5.98. The van der Waals surface area contributed by atoms with E-state index in [2.05, 4.69) is 17.1 Å². The average Bonchev–Trinajstić information content (AvgIpc) is 2.33. The number of piperazine rings is 1. The molecule has 0 bridgehead atoms. The van der Waals surface area contributed by atoms with Gasteiger partial charge in [0.25, 0.3) is 0 Å². The molecule has 16 heavy (non-hydrogen) atoms. The number of hydrogen-bond donors (Lipinski definition) is 2. The highest BCUT2D eigenvalue weighted by Crippen LogP contribution is 2.15. The zero-order valence-electron chi connectivity index (χ0n) is 9.76. The second kappa shape index (κ2) is 5.43. The lowest BCUT2D eigenvalue weighted by Gasteiger charge is -2.35. The quantitative estimate of drug-likeness (QED) is 0.798. The lowest BCUT2D eigenvalue weighted by atomic mass is 10.1. The maximum absolute atomic E-state index is 10.1. The van der Waals surface area contributed by atoms with Crippen LogP contribution in [0.2, 0.25) is 0 Å². The molecule has 2 atom stereocenters. The number of rotatable bonds is 3. The van der Waals surface area contributed by atoms with Crippen molar-refractivity contribution in [3.8, 4) is 0 Å². The van der Waals surface area contributed by atoms with Gasteiger partial charge in [0.15, 0.2) is 0 Å². The molecule has 1 heterocycles. The first kappa shape index (κ1) is 11.6. The number of β-amino-alcohol motifs (C(OH)–C–C–N with tert-alkyl or cyclic N) is 1. The van der Waals surface area contributed by atoms with E-state index in [0.717, 1.165) is 31.7 Å². The number of hydrogen-bond acceptors (Lipinski definition) is 3. The summed E-state index contributed by atoms with van der Waals surface area (Å²) in [6, 6.07) is 10.4. The van der Waals surface area contributed by atoms with Crippen LogP contribution in [0.25, 0.3) is 0 Å². The van der Waals surface area contributed by atoms with Gasteiger partial charge in [0.05, 0.1) is 6.10 Å². The molecule has 3 nitrogen and oxygen atoms in total. The van der Waals surface area contributed by atoms with E-state index in [-0.39, 0.29) is 6.10 Å². The molecule has 88 valence electrons. The fourth-order valence-corrected chi connectivity index (χ4v) is 2.16. The van der Waals surface area contributed by atoms with Crippen LogP contribution in [-0.2, 0) is 0 Å². The van der Waals surface area contributed by atoms with Gasteiger partial charge < -0.3 is 10.4 Å². The molecule has 0 spiro atoms. The Bertz CT molecular complexity index is 315. The minimum atomic E-state index is -0.373. The predicted octanol–water partition coefficient (Wildman–Crippen LogP) is 1.01. The average molecular weight is 220 g/mol. The van der Waals surface area contributed by atoms with Crippen molar-refractivity contribution in [1.82, 2.24) is 10.2 Å². The van der Waals surface area contributed by atoms with Crippen LogP contribution in [-0.4, -0.2) is 42.2 Å². The fraction of sp³-hybridized carbons (Fsp3) is 0.538. The van der Waals surface area contributed by atoms with Gasteiger partial charge in [-0.05, 0) is 12.5 Å². The largest absolute Gasteiger partial charge is 0.387 e. The van der Waals surface area contributed by atoms with Gasteiger partial charge >= 0.3 is 0 Å². The molecule has 0 unspecified atom stereocenters. The van der Waals surface area contributed by atoms with E-state index >= 15 is 0 Å². The number of nitrogens with one attached hydrogen (secondary N) is 1. The lowest BCUT2D eigenvalue weighted by molar-refractivity contribution is 0.0793. The minimum absolute atomic E-state index is 0.373. The molecule has 1 aliphatic rings. The van der Waals surface area contributed by atoms with Crippen molar-refractivity contribution in [2.24, 2.45) is 0 Å². The molecule has 3 heteroatoms. The zero-order chi connectivity index (χ0) is 11.4. The van der Waals surface area contributed by atoms with Gasteiger partial charge in [0.2, 0.25) is 0 Å². The van der Waals surface area contributed by atoms with Crippen LogP contribution >= 0.6 is 0 Å². The molecule has 1 aromatic rings. The maximum Gasteiger partial charge on any atom is 0.0917 e. The SMILES string of the molecule is C[C@H]1CNCCN1C[C@H](O)c1ccccc1. The van der Waals surface area contributed by atoms with Crippen molar-refractivity contribution in [3.63, 3.8) is 0 Å². The standard InChI is InChI=1S/C13H20N2O/c1-11-9-14-7-8-15(11)10-13(16)12-5-3-2-4-6-12/h2-6,11,13-14,16H,7-10H2,1H3/t11-,13-/m0/s1. The van der Waals surface area contributed by atoms with Crippen molar-refractivity contribution >= 4 is 0 Å². The Hall–Kier alpha value is -0.900. The summed E-state index contributed by atoms with van der Waals surface area (Å²) in [6.07, 6.45) is -0.373. The molecule has 1 saturated heterocycles. The summed E-state index contributed by atoms with van der Waals surface area (Å²) in [5, 5.41) is 13.5. The molecule has 2 rings (SSSR count). The van der Waals surface area contributed by atoms with Gasteiger partial charge in [0.1, 0.15) is 0 Å². The van der Waals surface area contributed by atoms with Crippen molar-refractivity contribution in [3.05, 3.63) is 35.9 Å². The van der Waals surface area contributed by atoms with Crippen LogP contribution in [0.4, 0.5) is 0 Å². The normalized spacial score (nSPS) is 24.2. The number of benzene rings is 1. The second-order valence-electron chi connectivity index (χ2n) is 4.47. The lowest BCUT2D eigenvalue weighted by Crippen LogP contribution is -2.50.